The van der Waals surface area contributed by atoms with Gasteiger partial charge < -0.3 is 63.4 Å². The summed E-state index contributed by atoms with van der Waals surface area (Å²) in [5.41, 5.74) is 0. The number of hydrogen-bond donors (Lipinski definition) is 4. The van der Waals surface area contributed by atoms with Gasteiger partial charge in [-0.25, -0.2) is 0 Å². The Kier molecular flexibility index (Phi) is 25.0. The van der Waals surface area contributed by atoms with Crippen molar-refractivity contribution in [1.82, 2.24) is 0 Å². The first-order chi connectivity index (χ1) is 12.4. The van der Waals surface area contributed by atoms with Crippen molar-refractivity contribution in [3.05, 3.63) is 0 Å². The molecule has 6 nitrogen and oxygen atoms in total. The van der Waals surface area contributed by atoms with Gasteiger partial charge in [0, 0.05) is 0 Å². The van der Waals surface area contributed by atoms with Crippen molar-refractivity contribution in [3.63, 3.8) is 0 Å². The van der Waals surface area contributed by atoms with Crippen LogP contribution >= 0.6 is 0 Å². The van der Waals surface area contributed by atoms with E-state index in [-0.39, 0.29) is 60.4 Å². The molecule has 0 atom stereocenters. The zero-order valence-electron chi connectivity index (χ0n) is 18.2. The summed E-state index contributed by atoms with van der Waals surface area (Å²) in [5.74, 6) is 0. The van der Waals surface area contributed by atoms with E-state index in [0.29, 0.717) is 0 Å². The minimum Gasteiger partial charge on any atom is -1.00 e. The van der Waals surface area contributed by atoms with Crippen LogP contribution in [-0.4, -0.2) is 109 Å². The van der Waals surface area contributed by atoms with Crippen molar-refractivity contribution in [1.29, 1.82) is 0 Å². The Balaban J connectivity index is -0.00000312. The lowest BCUT2D eigenvalue weighted by molar-refractivity contribution is -0.910. The Morgan fingerprint density at radius 2 is 0.607 bits per heavy atom. The van der Waals surface area contributed by atoms with Gasteiger partial charge in [0.2, 0.25) is 0 Å². The fourth-order valence-electron chi connectivity index (χ4n) is 3.68. The third-order valence-electron chi connectivity index (χ3n) is 5.71. The van der Waals surface area contributed by atoms with Crippen molar-refractivity contribution in [2.24, 2.45) is 0 Å². The zero-order valence-corrected chi connectivity index (χ0v) is 21.3. The number of nitrogens with zero attached hydrogens (tertiary/aromatic N) is 2. The summed E-state index contributed by atoms with van der Waals surface area (Å²) >= 11 is 0. The Morgan fingerprint density at radius 3 is 0.821 bits per heavy atom. The number of quaternary nitrogens is 2. The molecule has 0 aliphatic heterocycles. The number of hydrogen-bond acceptors (Lipinski definition) is 4. The molecule has 8 heteroatoms. The molecule has 0 heterocycles. The van der Waals surface area contributed by atoms with E-state index in [2.05, 4.69) is 14.1 Å². The van der Waals surface area contributed by atoms with E-state index in [0.717, 1.165) is 61.1 Å². The second-order valence-corrected chi connectivity index (χ2v) is 8.30. The minimum atomic E-state index is 0. The van der Waals surface area contributed by atoms with E-state index in [9.17, 15) is 0 Å². The molecule has 0 aromatic heterocycles. The Hall–Kier alpha value is 0.720. The normalized spacial score (nSPS) is 11.8. The highest BCUT2D eigenvalue weighted by molar-refractivity contribution is 4.49. The topological polar surface area (TPSA) is 80.9 Å². The Bertz CT molecular complexity index is 285. The molecule has 0 amide bonds. The number of aliphatic hydroxyl groups excluding tert-OH is 4. The maximum Gasteiger partial charge on any atom is 0.102 e. The number of likely N-dealkylation sites (N-methyl/N-ethyl adjacent to an activating group) is 2. The van der Waals surface area contributed by atoms with E-state index >= 15 is 0 Å². The molecule has 0 saturated carbocycles. The standard InChI is InChI=1S/C20H46N2O4.2BrH/c1-21(13-17-23,14-18-24)11-9-7-5-3-4-6-8-10-12-22(2,15-19-25)16-20-26;;/h23-26H,3-20H2,1-2H3;2*1H/q+2;;/p-2. The third-order valence-corrected chi connectivity index (χ3v) is 5.71. The van der Waals surface area contributed by atoms with Crippen LogP contribution in [0.2, 0.25) is 0 Å². The predicted molar refractivity (Wildman–Crippen MR) is 107 cm³/mol. The van der Waals surface area contributed by atoms with Gasteiger partial charge in [0.1, 0.15) is 26.2 Å². The summed E-state index contributed by atoms with van der Waals surface area (Å²) in [6, 6.07) is 0. The first-order valence-corrected chi connectivity index (χ1v) is 10.6. The van der Waals surface area contributed by atoms with Gasteiger partial charge >= 0.3 is 0 Å². The summed E-state index contributed by atoms with van der Waals surface area (Å²) < 4.78 is 1.54. The molecule has 0 fully saturated rings. The van der Waals surface area contributed by atoms with Gasteiger partial charge in [-0.05, 0) is 25.7 Å². The average molecular weight is 538 g/mol. The maximum absolute atomic E-state index is 9.16. The lowest BCUT2D eigenvalue weighted by Crippen LogP contribution is -3.00. The molecule has 0 saturated heterocycles. The Morgan fingerprint density at radius 1 is 0.393 bits per heavy atom. The molecular weight excluding hydrogens is 492 g/mol. The molecule has 0 aliphatic rings. The van der Waals surface area contributed by atoms with Crippen LogP contribution in [0.3, 0.4) is 0 Å². The summed E-state index contributed by atoms with van der Waals surface area (Å²) in [6.07, 6.45) is 9.87. The van der Waals surface area contributed by atoms with Crippen LogP contribution in [0, 0.1) is 0 Å². The van der Waals surface area contributed by atoms with E-state index < -0.39 is 0 Å². The van der Waals surface area contributed by atoms with Gasteiger partial charge in [0.05, 0.1) is 53.6 Å². The van der Waals surface area contributed by atoms with Gasteiger partial charge in [-0.2, -0.15) is 0 Å². The van der Waals surface area contributed by atoms with Crippen LogP contribution in [0.15, 0.2) is 0 Å². The Labute approximate surface area is 194 Å². The molecule has 0 spiro atoms. The zero-order chi connectivity index (χ0) is 19.7. The number of rotatable bonds is 19. The van der Waals surface area contributed by atoms with Crippen molar-refractivity contribution in [3.8, 4) is 0 Å². The second kappa shape index (κ2) is 21.0. The second-order valence-electron chi connectivity index (χ2n) is 8.30. The van der Waals surface area contributed by atoms with Gasteiger partial charge in [-0.1, -0.05) is 25.7 Å². The summed E-state index contributed by atoms with van der Waals surface area (Å²) in [5, 5.41) is 36.6. The van der Waals surface area contributed by atoms with Crippen molar-refractivity contribution in [2.45, 2.75) is 51.4 Å². The lowest BCUT2D eigenvalue weighted by atomic mass is 10.1. The molecule has 4 N–H and O–H groups in total. The molecule has 0 radical (unpaired) electrons. The minimum absolute atomic E-state index is 0. The van der Waals surface area contributed by atoms with Crippen LogP contribution in [0.1, 0.15) is 51.4 Å². The van der Waals surface area contributed by atoms with Gasteiger partial charge in [-0.3, -0.25) is 0 Å². The first-order valence-electron chi connectivity index (χ1n) is 10.6. The molecule has 0 aromatic rings. The SMILES string of the molecule is C[N+](CCO)(CCO)CCCCCCCCCC[N+](C)(CCO)CCO.[Br-].[Br-]. The molecule has 0 bridgehead atoms. The average Bonchev–Trinajstić information content (AvgIpc) is 2.57. The van der Waals surface area contributed by atoms with E-state index in [1.165, 1.54) is 38.5 Å². The first kappa shape index (κ1) is 33.4. The van der Waals surface area contributed by atoms with Crippen LogP contribution < -0.4 is 34.0 Å². The van der Waals surface area contributed by atoms with Crippen LogP contribution in [0.5, 0.6) is 0 Å². The molecular formula is C20H46Br2N2O4. The molecule has 0 aromatic carbocycles. The van der Waals surface area contributed by atoms with E-state index in [1.54, 1.807) is 0 Å². The maximum atomic E-state index is 9.16. The summed E-state index contributed by atoms with van der Waals surface area (Å²) in [4.78, 5) is 0. The highest BCUT2D eigenvalue weighted by Crippen LogP contribution is 2.12. The molecule has 0 aliphatic carbocycles. The smallest absolute Gasteiger partial charge is 0.102 e. The lowest BCUT2D eigenvalue weighted by Gasteiger charge is -2.33. The fraction of sp³-hybridized carbons (Fsp3) is 1.00. The molecule has 28 heavy (non-hydrogen) atoms. The third kappa shape index (κ3) is 17.6. The molecule has 174 valence electrons. The highest BCUT2D eigenvalue weighted by Gasteiger charge is 2.20. The number of unbranched alkanes of at least 4 members (excludes halogenated alkanes) is 7. The van der Waals surface area contributed by atoms with Crippen molar-refractivity contribution >= 4 is 0 Å². The van der Waals surface area contributed by atoms with Gasteiger partial charge in [0.25, 0.3) is 0 Å². The predicted octanol–water partition coefficient (Wildman–Crippen LogP) is -5.02. The van der Waals surface area contributed by atoms with Crippen molar-refractivity contribution < 1.29 is 63.4 Å². The number of halogens is 2. The highest BCUT2D eigenvalue weighted by atomic mass is 79.9. The monoisotopic (exact) mass is 536 g/mol. The van der Waals surface area contributed by atoms with Crippen LogP contribution in [-0.2, 0) is 0 Å². The fourth-order valence-corrected chi connectivity index (χ4v) is 3.68. The number of aliphatic hydroxyl groups is 4. The van der Waals surface area contributed by atoms with Crippen molar-refractivity contribution in [2.75, 3.05) is 79.8 Å². The molecule has 0 unspecified atom stereocenters. The van der Waals surface area contributed by atoms with E-state index in [1.807, 2.05) is 0 Å². The molecule has 0 rings (SSSR count). The van der Waals surface area contributed by atoms with Crippen LogP contribution in [0.4, 0.5) is 0 Å². The van der Waals surface area contributed by atoms with Gasteiger partial charge in [0.15, 0.2) is 0 Å². The van der Waals surface area contributed by atoms with Gasteiger partial charge in [-0.15, -0.1) is 0 Å². The summed E-state index contributed by atoms with van der Waals surface area (Å²) in [7, 11) is 4.23. The quantitative estimate of drug-likeness (QED) is 0.0982. The van der Waals surface area contributed by atoms with Crippen LogP contribution in [0.25, 0.3) is 0 Å². The summed E-state index contributed by atoms with van der Waals surface area (Å²) in [6.45, 7) is 5.72. The largest absolute Gasteiger partial charge is 1.00 e. The van der Waals surface area contributed by atoms with E-state index in [4.69, 9.17) is 20.4 Å².